The number of carbonyl (C=O) groups is 1. The maximum atomic E-state index is 12.7. The Morgan fingerprint density at radius 1 is 1.04 bits per heavy atom. The van der Waals surface area contributed by atoms with Crippen LogP contribution in [0.25, 0.3) is 11.0 Å². The van der Waals surface area contributed by atoms with Crippen LogP contribution in [-0.2, 0) is 9.47 Å². The van der Waals surface area contributed by atoms with Gasteiger partial charge in [-0.25, -0.2) is 4.98 Å². The van der Waals surface area contributed by atoms with Crippen molar-refractivity contribution in [3.8, 4) is 0 Å². The number of ether oxygens (including phenoxy) is 2. The molecule has 6 nitrogen and oxygen atoms in total. The van der Waals surface area contributed by atoms with E-state index < -0.39 is 0 Å². The fraction of sp³-hybridized carbons (Fsp3) is 0.526. The van der Waals surface area contributed by atoms with Crippen LogP contribution in [0.1, 0.15) is 29.8 Å². The van der Waals surface area contributed by atoms with Crippen LogP contribution in [-0.4, -0.2) is 48.3 Å². The molecule has 2 aromatic rings. The average Bonchev–Trinajstić information content (AvgIpc) is 2.68. The Balaban J connectivity index is 1.49. The topological polar surface area (TPSA) is 73.3 Å². The quantitative estimate of drug-likeness (QED) is 0.926. The van der Waals surface area contributed by atoms with Gasteiger partial charge < -0.3 is 14.8 Å². The maximum absolute atomic E-state index is 12.7. The van der Waals surface area contributed by atoms with Gasteiger partial charge in [0.15, 0.2) is 0 Å². The van der Waals surface area contributed by atoms with Gasteiger partial charge in [0.2, 0.25) is 0 Å². The van der Waals surface area contributed by atoms with Crippen LogP contribution >= 0.6 is 0 Å². The first-order valence-electron chi connectivity index (χ1n) is 8.99. The predicted octanol–water partition coefficient (Wildman–Crippen LogP) is 2.19. The SMILES string of the molecule is O=C(N[C@H]1CCOC[C@H]1C1CCOCC1)c1cnc2ccccc2n1. The highest BCUT2D eigenvalue weighted by Crippen LogP contribution is 2.30. The van der Waals surface area contributed by atoms with Crippen molar-refractivity contribution in [2.45, 2.75) is 25.3 Å². The van der Waals surface area contributed by atoms with Gasteiger partial charge in [-0.1, -0.05) is 12.1 Å². The van der Waals surface area contributed by atoms with Crippen LogP contribution in [0.2, 0.25) is 0 Å². The van der Waals surface area contributed by atoms with Crippen molar-refractivity contribution in [2.75, 3.05) is 26.4 Å². The van der Waals surface area contributed by atoms with E-state index in [1.165, 1.54) is 0 Å². The third kappa shape index (κ3) is 3.65. The monoisotopic (exact) mass is 341 g/mol. The van der Waals surface area contributed by atoms with Crippen molar-refractivity contribution in [2.24, 2.45) is 11.8 Å². The Hall–Kier alpha value is -2.05. The fourth-order valence-corrected chi connectivity index (χ4v) is 3.86. The molecule has 2 fully saturated rings. The molecule has 2 atom stereocenters. The number of amides is 1. The smallest absolute Gasteiger partial charge is 0.271 e. The van der Waals surface area contributed by atoms with E-state index in [9.17, 15) is 4.79 Å². The van der Waals surface area contributed by atoms with Gasteiger partial charge in [-0.3, -0.25) is 9.78 Å². The molecule has 0 unspecified atom stereocenters. The molecule has 6 heteroatoms. The minimum atomic E-state index is -0.151. The average molecular weight is 341 g/mol. The Labute approximate surface area is 146 Å². The molecule has 2 aliphatic heterocycles. The van der Waals surface area contributed by atoms with Crippen molar-refractivity contribution in [1.82, 2.24) is 15.3 Å². The lowest BCUT2D eigenvalue weighted by Crippen LogP contribution is -2.49. The molecule has 0 aliphatic carbocycles. The Morgan fingerprint density at radius 3 is 2.64 bits per heavy atom. The molecule has 0 spiro atoms. The van der Waals surface area contributed by atoms with Crippen molar-refractivity contribution >= 4 is 16.9 Å². The lowest BCUT2D eigenvalue weighted by atomic mass is 9.79. The zero-order chi connectivity index (χ0) is 17.1. The summed E-state index contributed by atoms with van der Waals surface area (Å²) in [6.45, 7) is 3.00. The number of para-hydroxylation sites is 2. The summed E-state index contributed by atoms with van der Waals surface area (Å²) >= 11 is 0. The third-order valence-electron chi connectivity index (χ3n) is 5.27. The van der Waals surface area contributed by atoms with E-state index in [2.05, 4.69) is 15.3 Å². The zero-order valence-corrected chi connectivity index (χ0v) is 14.2. The van der Waals surface area contributed by atoms with Gasteiger partial charge in [-0.2, -0.15) is 0 Å². The molecule has 2 saturated heterocycles. The van der Waals surface area contributed by atoms with Gasteiger partial charge in [0, 0.05) is 31.8 Å². The van der Waals surface area contributed by atoms with Crippen LogP contribution in [0.15, 0.2) is 30.5 Å². The molecule has 3 heterocycles. The Bertz CT molecular complexity index is 746. The second kappa shape index (κ2) is 7.45. The zero-order valence-electron chi connectivity index (χ0n) is 14.2. The van der Waals surface area contributed by atoms with E-state index in [0.717, 1.165) is 43.5 Å². The van der Waals surface area contributed by atoms with E-state index in [1.807, 2.05) is 24.3 Å². The van der Waals surface area contributed by atoms with Crippen LogP contribution in [0.3, 0.4) is 0 Å². The number of nitrogens with zero attached hydrogens (tertiary/aromatic N) is 2. The summed E-state index contributed by atoms with van der Waals surface area (Å²) in [4.78, 5) is 21.5. The molecule has 2 aliphatic rings. The molecule has 1 aromatic carbocycles. The molecule has 0 radical (unpaired) electrons. The van der Waals surface area contributed by atoms with E-state index in [1.54, 1.807) is 6.20 Å². The molecular weight excluding hydrogens is 318 g/mol. The first-order chi connectivity index (χ1) is 12.3. The van der Waals surface area contributed by atoms with Crippen molar-refractivity contribution in [3.05, 3.63) is 36.2 Å². The molecule has 1 aromatic heterocycles. The van der Waals surface area contributed by atoms with Crippen molar-refractivity contribution < 1.29 is 14.3 Å². The number of hydrogen-bond donors (Lipinski definition) is 1. The highest BCUT2D eigenvalue weighted by Gasteiger charge is 2.34. The Kier molecular flexibility index (Phi) is 4.90. The number of carbonyl (C=O) groups excluding carboxylic acids is 1. The molecule has 132 valence electrons. The summed E-state index contributed by atoms with van der Waals surface area (Å²) in [6, 6.07) is 7.70. The molecule has 0 saturated carbocycles. The van der Waals surface area contributed by atoms with Crippen LogP contribution < -0.4 is 5.32 Å². The number of rotatable bonds is 3. The van der Waals surface area contributed by atoms with Crippen LogP contribution in [0.5, 0.6) is 0 Å². The van der Waals surface area contributed by atoms with E-state index in [0.29, 0.717) is 30.7 Å². The highest BCUT2D eigenvalue weighted by atomic mass is 16.5. The highest BCUT2D eigenvalue weighted by molar-refractivity contribution is 5.93. The first-order valence-corrected chi connectivity index (χ1v) is 8.99. The minimum absolute atomic E-state index is 0.123. The van der Waals surface area contributed by atoms with Crippen LogP contribution in [0, 0.1) is 11.8 Å². The normalized spacial score (nSPS) is 25.0. The number of fused-ring (bicyclic) bond motifs is 1. The van der Waals surface area contributed by atoms with Crippen molar-refractivity contribution in [1.29, 1.82) is 0 Å². The van der Waals surface area contributed by atoms with Gasteiger partial charge in [0.05, 0.1) is 23.8 Å². The lowest BCUT2D eigenvalue weighted by molar-refractivity contribution is -0.0259. The van der Waals surface area contributed by atoms with Gasteiger partial charge in [0.1, 0.15) is 5.69 Å². The summed E-state index contributed by atoms with van der Waals surface area (Å²) in [7, 11) is 0. The lowest BCUT2D eigenvalue weighted by Gasteiger charge is -2.38. The second-order valence-electron chi connectivity index (χ2n) is 6.80. The van der Waals surface area contributed by atoms with E-state index in [-0.39, 0.29) is 11.9 Å². The largest absolute Gasteiger partial charge is 0.381 e. The van der Waals surface area contributed by atoms with Gasteiger partial charge in [-0.05, 0) is 37.3 Å². The minimum Gasteiger partial charge on any atom is -0.381 e. The standard InChI is InChI=1S/C19H23N3O3/c23-19(18-11-20-16-3-1-2-4-17(16)21-18)22-15-7-10-25-12-14(15)13-5-8-24-9-6-13/h1-4,11,13-15H,5-10,12H2,(H,22,23)/t14-,15-/m0/s1. The molecular formula is C19H23N3O3. The number of benzene rings is 1. The number of nitrogens with one attached hydrogen (secondary N) is 1. The first kappa shape index (κ1) is 16.4. The Morgan fingerprint density at radius 2 is 1.80 bits per heavy atom. The predicted molar refractivity (Wildman–Crippen MR) is 93.3 cm³/mol. The molecule has 1 amide bonds. The molecule has 0 bridgehead atoms. The molecule has 4 rings (SSSR count). The van der Waals surface area contributed by atoms with E-state index in [4.69, 9.17) is 9.47 Å². The molecule has 1 N–H and O–H groups in total. The van der Waals surface area contributed by atoms with E-state index >= 15 is 0 Å². The summed E-state index contributed by atoms with van der Waals surface area (Å²) < 4.78 is 11.2. The van der Waals surface area contributed by atoms with Gasteiger partial charge in [0.25, 0.3) is 5.91 Å². The second-order valence-corrected chi connectivity index (χ2v) is 6.80. The van der Waals surface area contributed by atoms with Gasteiger partial charge >= 0.3 is 0 Å². The number of aromatic nitrogens is 2. The van der Waals surface area contributed by atoms with Crippen LogP contribution in [0.4, 0.5) is 0 Å². The molecule has 25 heavy (non-hydrogen) atoms. The third-order valence-corrected chi connectivity index (χ3v) is 5.27. The summed E-state index contributed by atoms with van der Waals surface area (Å²) in [5.74, 6) is 0.735. The van der Waals surface area contributed by atoms with Crippen molar-refractivity contribution in [3.63, 3.8) is 0 Å². The number of hydrogen-bond acceptors (Lipinski definition) is 5. The van der Waals surface area contributed by atoms with Gasteiger partial charge in [-0.15, -0.1) is 0 Å². The summed E-state index contributed by atoms with van der Waals surface area (Å²) in [6.07, 6.45) is 4.47. The summed E-state index contributed by atoms with van der Waals surface area (Å²) in [5.41, 5.74) is 1.91. The fourth-order valence-electron chi connectivity index (χ4n) is 3.86. The summed E-state index contributed by atoms with van der Waals surface area (Å²) in [5, 5.41) is 3.18. The maximum Gasteiger partial charge on any atom is 0.271 e.